The number of rotatable bonds is 4. The van der Waals surface area contributed by atoms with E-state index in [1.165, 1.54) is 24.0 Å². The first-order valence-corrected chi connectivity index (χ1v) is 8.08. The number of aromatic nitrogens is 2. The molecule has 0 radical (unpaired) electrons. The largest absolute Gasteiger partial charge is 0.508 e. The van der Waals surface area contributed by atoms with Gasteiger partial charge in [-0.2, -0.15) is 0 Å². The molecule has 0 bridgehead atoms. The van der Waals surface area contributed by atoms with Gasteiger partial charge in [-0.05, 0) is 56.2 Å². The Labute approximate surface area is 131 Å². The van der Waals surface area contributed by atoms with Gasteiger partial charge in [0.15, 0.2) is 0 Å². The zero-order valence-electron chi connectivity index (χ0n) is 13.3. The normalized spacial score (nSPS) is 13.7. The standard InChI is InChI=1S/C18H23N3O/c1-3-14-10-18(21-12(2)20-14)19-11-16-15-7-5-4-6-13(15)8-9-17(16)22/h8-10,22H,3-7,11H2,1-2H3,(H,19,20,21). The Balaban J connectivity index is 1.83. The molecule has 1 heterocycles. The van der Waals surface area contributed by atoms with Crippen molar-refractivity contribution in [3.63, 3.8) is 0 Å². The first-order valence-electron chi connectivity index (χ1n) is 8.08. The smallest absolute Gasteiger partial charge is 0.130 e. The van der Waals surface area contributed by atoms with Crippen LogP contribution in [0.15, 0.2) is 18.2 Å². The molecule has 4 nitrogen and oxygen atoms in total. The van der Waals surface area contributed by atoms with Gasteiger partial charge in [0.1, 0.15) is 17.4 Å². The summed E-state index contributed by atoms with van der Waals surface area (Å²) < 4.78 is 0. The van der Waals surface area contributed by atoms with Crippen LogP contribution in [0.2, 0.25) is 0 Å². The van der Waals surface area contributed by atoms with Crippen molar-refractivity contribution in [2.24, 2.45) is 0 Å². The molecule has 0 saturated carbocycles. The molecule has 0 aliphatic heterocycles. The number of aryl methyl sites for hydroxylation is 3. The van der Waals surface area contributed by atoms with Crippen LogP contribution in [0.25, 0.3) is 0 Å². The summed E-state index contributed by atoms with van der Waals surface area (Å²) >= 11 is 0. The van der Waals surface area contributed by atoms with Crippen molar-refractivity contribution in [2.75, 3.05) is 5.32 Å². The molecule has 0 amide bonds. The summed E-state index contributed by atoms with van der Waals surface area (Å²) in [6.45, 7) is 4.60. The van der Waals surface area contributed by atoms with Gasteiger partial charge < -0.3 is 10.4 Å². The molecule has 22 heavy (non-hydrogen) atoms. The van der Waals surface area contributed by atoms with Gasteiger partial charge in [0, 0.05) is 23.9 Å². The van der Waals surface area contributed by atoms with Crippen molar-refractivity contribution in [1.82, 2.24) is 9.97 Å². The molecule has 1 aliphatic rings. The lowest BCUT2D eigenvalue weighted by atomic mass is 9.88. The summed E-state index contributed by atoms with van der Waals surface area (Å²) in [5.74, 6) is 1.99. The van der Waals surface area contributed by atoms with Crippen molar-refractivity contribution in [3.05, 3.63) is 46.4 Å². The van der Waals surface area contributed by atoms with Crippen molar-refractivity contribution in [2.45, 2.75) is 52.5 Å². The molecule has 2 aromatic rings. The predicted octanol–water partition coefficient (Wildman–Crippen LogP) is 3.54. The van der Waals surface area contributed by atoms with Crippen LogP contribution in [0, 0.1) is 6.92 Å². The van der Waals surface area contributed by atoms with E-state index in [4.69, 9.17) is 0 Å². The van der Waals surface area contributed by atoms with Crippen molar-refractivity contribution < 1.29 is 5.11 Å². The van der Waals surface area contributed by atoms with E-state index in [1.807, 2.05) is 19.1 Å². The molecule has 0 atom stereocenters. The number of hydrogen-bond donors (Lipinski definition) is 2. The SMILES string of the molecule is CCc1cc(NCc2c(O)ccc3c2CCCC3)nc(C)n1. The molecular weight excluding hydrogens is 274 g/mol. The van der Waals surface area contributed by atoms with Crippen molar-refractivity contribution >= 4 is 5.82 Å². The fourth-order valence-corrected chi connectivity index (χ4v) is 3.17. The highest BCUT2D eigenvalue weighted by Crippen LogP contribution is 2.31. The summed E-state index contributed by atoms with van der Waals surface area (Å²) in [6.07, 6.45) is 5.52. The molecule has 1 aliphatic carbocycles. The second kappa shape index (κ2) is 6.34. The molecule has 116 valence electrons. The molecule has 2 N–H and O–H groups in total. The van der Waals surface area contributed by atoms with Crippen LogP contribution >= 0.6 is 0 Å². The first-order chi connectivity index (χ1) is 10.7. The highest BCUT2D eigenvalue weighted by atomic mass is 16.3. The van der Waals surface area contributed by atoms with Crippen LogP contribution < -0.4 is 5.32 Å². The van der Waals surface area contributed by atoms with Gasteiger partial charge >= 0.3 is 0 Å². The highest BCUT2D eigenvalue weighted by molar-refractivity contribution is 5.48. The molecule has 4 heteroatoms. The Morgan fingerprint density at radius 3 is 2.82 bits per heavy atom. The minimum absolute atomic E-state index is 0.384. The third-order valence-corrected chi connectivity index (χ3v) is 4.33. The van der Waals surface area contributed by atoms with Gasteiger partial charge in [-0.25, -0.2) is 9.97 Å². The second-order valence-corrected chi connectivity index (χ2v) is 5.91. The zero-order valence-corrected chi connectivity index (χ0v) is 13.3. The summed E-state index contributed by atoms with van der Waals surface area (Å²) in [5.41, 5.74) is 4.76. The lowest BCUT2D eigenvalue weighted by Crippen LogP contribution is -2.11. The summed E-state index contributed by atoms with van der Waals surface area (Å²) in [7, 11) is 0. The van der Waals surface area contributed by atoms with Crippen LogP contribution in [0.5, 0.6) is 5.75 Å². The number of nitrogens with one attached hydrogen (secondary N) is 1. The maximum Gasteiger partial charge on any atom is 0.130 e. The van der Waals surface area contributed by atoms with Gasteiger partial charge in [0.05, 0.1) is 0 Å². The first kappa shape index (κ1) is 14.8. The number of phenolic OH excluding ortho intramolecular Hbond substituents is 1. The molecular formula is C18H23N3O. The highest BCUT2D eigenvalue weighted by Gasteiger charge is 2.16. The van der Waals surface area contributed by atoms with Crippen LogP contribution in [0.4, 0.5) is 5.82 Å². The van der Waals surface area contributed by atoms with E-state index in [2.05, 4.69) is 28.3 Å². The van der Waals surface area contributed by atoms with Crippen LogP contribution in [0.1, 0.15) is 48.0 Å². The Bertz CT molecular complexity index is 682. The number of hydrogen-bond acceptors (Lipinski definition) is 4. The second-order valence-electron chi connectivity index (χ2n) is 5.91. The Kier molecular flexibility index (Phi) is 4.27. The summed E-state index contributed by atoms with van der Waals surface area (Å²) in [6, 6.07) is 5.88. The average Bonchev–Trinajstić information content (AvgIpc) is 2.53. The van der Waals surface area contributed by atoms with E-state index >= 15 is 0 Å². The van der Waals surface area contributed by atoms with Crippen molar-refractivity contribution in [3.8, 4) is 5.75 Å². The number of anilines is 1. The maximum absolute atomic E-state index is 10.2. The van der Waals surface area contributed by atoms with Gasteiger partial charge in [0.25, 0.3) is 0 Å². The van der Waals surface area contributed by atoms with Gasteiger partial charge in [-0.1, -0.05) is 13.0 Å². The Hall–Kier alpha value is -2.10. The van der Waals surface area contributed by atoms with E-state index in [0.29, 0.717) is 12.3 Å². The fourth-order valence-electron chi connectivity index (χ4n) is 3.17. The number of aromatic hydroxyl groups is 1. The molecule has 1 aromatic carbocycles. The maximum atomic E-state index is 10.2. The minimum Gasteiger partial charge on any atom is -0.508 e. The van der Waals surface area contributed by atoms with Gasteiger partial charge in [-0.3, -0.25) is 0 Å². The van der Waals surface area contributed by atoms with E-state index in [0.717, 1.165) is 42.2 Å². The fraction of sp³-hybridized carbons (Fsp3) is 0.444. The van der Waals surface area contributed by atoms with Gasteiger partial charge in [-0.15, -0.1) is 0 Å². The minimum atomic E-state index is 0.384. The molecule has 0 fully saturated rings. The third-order valence-electron chi connectivity index (χ3n) is 4.33. The monoisotopic (exact) mass is 297 g/mol. The number of fused-ring (bicyclic) bond motifs is 1. The zero-order chi connectivity index (χ0) is 15.5. The third kappa shape index (κ3) is 3.06. The predicted molar refractivity (Wildman–Crippen MR) is 88.2 cm³/mol. The van der Waals surface area contributed by atoms with Crippen LogP contribution in [0.3, 0.4) is 0 Å². The van der Waals surface area contributed by atoms with E-state index < -0.39 is 0 Å². The van der Waals surface area contributed by atoms with Crippen LogP contribution in [-0.4, -0.2) is 15.1 Å². The topological polar surface area (TPSA) is 58.0 Å². The lowest BCUT2D eigenvalue weighted by Gasteiger charge is -2.21. The van der Waals surface area contributed by atoms with Gasteiger partial charge in [0.2, 0.25) is 0 Å². The molecule has 3 rings (SSSR count). The quantitative estimate of drug-likeness (QED) is 0.906. The molecule has 0 spiro atoms. The molecule has 0 saturated heterocycles. The average molecular weight is 297 g/mol. The van der Waals surface area contributed by atoms with E-state index in [-0.39, 0.29) is 0 Å². The van der Waals surface area contributed by atoms with Crippen LogP contribution in [-0.2, 0) is 25.8 Å². The van der Waals surface area contributed by atoms with E-state index in [1.54, 1.807) is 0 Å². The summed E-state index contributed by atoms with van der Waals surface area (Å²) in [5, 5.41) is 13.6. The molecule has 1 aromatic heterocycles. The van der Waals surface area contributed by atoms with E-state index in [9.17, 15) is 5.11 Å². The number of phenols is 1. The van der Waals surface area contributed by atoms with Crippen molar-refractivity contribution in [1.29, 1.82) is 0 Å². The number of benzene rings is 1. The number of nitrogens with zero attached hydrogens (tertiary/aromatic N) is 2. The molecule has 0 unspecified atom stereocenters. The Morgan fingerprint density at radius 1 is 1.18 bits per heavy atom. The lowest BCUT2D eigenvalue weighted by molar-refractivity contribution is 0.466. The summed E-state index contributed by atoms with van der Waals surface area (Å²) in [4.78, 5) is 8.83. The Morgan fingerprint density at radius 2 is 2.00 bits per heavy atom.